The Kier molecular flexibility index (Phi) is 5.24. The molecule has 0 amide bonds. The molecule has 1 aliphatic heterocycles. The lowest BCUT2D eigenvalue weighted by Crippen LogP contribution is -2.35. The second kappa shape index (κ2) is 7.57. The third kappa shape index (κ3) is 4.51. The number of aromatic hydroxyl groups is 1. The predicted molar refractivity (Wildman–Crippen MR) is 85.8 cm³/mol. The van der Waals surface area contributed by atoms with Crippen LogP contribution in [0.1, 0.15) is 12.6 Å². The number of nitrogens with zero attached hydrogens (tertiary/aromatic N) is 7. The van der Waals surface area contributed by atoms with E-state index in [0.29, 0.717) is 13.1 Å². The van der Waals surface area contributed by atoms with Crippen molar-refractivity contribution in [3.8, 4) is 6.01 Å². The Hall–Kier alpha value is -2.53. The highest BCUT2D eigenvalue weighted by molar-refractivity contribution is 5.19. The van der Waals surface area contributed by atoms with E-state index in [1.165, 1.54) is 10.8 Å². The quantitative estimate of drug-likeness (QED) is 0.556. The average Bonchev–Trinajstić information content (AvgIpc) is 3.15. The molecule has 2 aromatic rings. The molecule has 2 aromatic heterocycles. The molecule has 0 saturated carbocycles. The highest BCUT2D eigenvalue weighted by Crippen LogP contribution is 2.18. The molecule has 0 radical (unpaired) electrons. The summed E-state index contributed by atoms with van der Waals surface area (Å²) < 4.78 is 8.45. The maximum atomic E-state index is 10.7. The van der Waals surface area contributed by atoms with E-state index in [9.17, 15) is 15.2 Å². The Labute approximate surface area is 144 Å². The largest absolute Gasteiger partial charge is 0.461 e. The number of ether oxygens (including phenoxy) is 1. The van der Waals surface area contributed by atoms with Crippen molar-refractivity contribution in [3.63, 3.8) is 0 Å². The Bertz CT molecular complexity index is 723. The van der Waals surface area contributed by atoms with Crippen LogP contribution in [0.4, 0.5) is 5.82 Å². The van der Waals surface area contributed by atoms with E-state index in [-0.39, 0.29) is 17.7 Å². The van der Waals surface area contributed by atoms with Gasteiger partial charge in [-0.05, 0) is 10.8 Å². The smallest absolute Gasteiger partial charge is 0.411 e. The van der Waals surface area contributed by atoms with Crippen molar-refractivity contribution < 1.29 is 14.8 Å². The molecule has 136 valence electrons. The normalized spacial score (nSPS) is 16.8. The molecule has 11 nitrogen and oxygen atoms in total. The van der Waals surface area contributed by atoms with E-state index in [1.807, 2.05) is 13.1 Å². The zero-order valence-electron chi connectivity index (χ0n) is 14.0. The van der Waals surface area contributed by atoms with Crippen LogP contribution in [0.2, 0.25) is 0 Å². The van der Waals surface area contributed by atoms with E-state index >= 15 is 0 Å². The van der Waals surface area contributed by atoms with E-state index < -0.39 is 4.92 Å². The second-order valence-electron chi connectivity index (χ2n) is 6.23. The van der Waals surface area contributed by atoms with Crippen LogP contribution < -0.4 is 0 Å². The molecule has 1 aliphatic rings. The van der Waals surface area contributed by atoms with Crippen LogP contribution >= 0.6 is 0 Å². The first-order chi connectivity index (χ1) is 12.0. The molecule has 1 fully saturated rings. The summed E-state index contributed by atoms with van der Waals surface area (Å²) in [6, 6.07) is -0.356. The molecule has 0 bridgehead atoms. The van der Waals surface area contributed by atoms with Crippen LogP contribution in [-0.2, 0) is 24.4 Å². The number of nitro groups is 1. The van der Waals surface area contributed by atoms with Crippen molar-refractivity contribution in [2.24, 2.45) is 5.92 Å². The minimum atomic E-state index is -0.629. The lowest BCUT2D eigenvalue weighted by Gasteiger charge is -2.25. The number of rotatable bonds is 7. The van der Waals surface area contributed by atoms with Crippen LogP contribution in [0.25, 0.3) is 0 Å². The summed E-state index contributed by atoms with van der Waals surface area (Å²) in [4.78, 5) is 15.8. The SMILES string of the molecule is C[C@H](Cn1cc(CN2CCOCC2)nn1)Cn1cc([N+](=O)[O-])nc1O. The van der Waals surface area contributed by atoms with Crippen LogP contribution in [-0.4, -0.2) is 65.8 Å². The number of hydrogen-bond donors (Lipinski definition) is 1. The molecule has 0 aromatic carbocycles. The molecule has 1 atom stereocenters. The minimum absolute atomic E-state index is 0.0811. The number of morpholine rings is 1. The fourth-order valence-electron chi connectivity index (χ4n) is 2.82. The van der Waals surface area contributed by atoms with Gasteiger partial charge in [-0.1, -0.05) is 12.1 Å². The van der Waals surface area contributed by atoms with Gasteiger partial charge in [0, 0.05) is 43.9 Å². The molecule has 1 N–H and O–H groups in total. The van der Waals surface area contributed by atoms with Gasteiger partial charge in [-0.3, -0.25) is 14.1 Å². The highest BCUT2D eigenvalue weighted by Gasteiger charge is 2.19. The van der Waals surface area contributed by atoms with Gasteiger partial charge >= 0.3 is 11.8 Å². The zero-order chi connectivity index (χ0) is 17.8. The number of aromatic nitrogens is 5. The molecule has 1 saturated heterocycles. The van der Waals surface area contributed by atoms with Crippen molar-refractivity contribution in [2.75, 3.05) is 26.3 Å². The van der Waals surface area contributed by atoms with E-state index in [1.54, 1.807) is 4.68 Å². The third-order valence-electron chi connectivity index (χ3n) is 4.01. The Morgan fingerprint density at radius 3 is 2.80 bits per heavy atom. The van der Waals surface area contributed by atoms with Crippen molar-refractivity contribution in [1.82, 2.24) is 29.4 Å². The van der Waals surface area contributed by atoms with E-state index in [2.05, 4.69) is 20.2 Å². The molecule has 25 heavy (non-hydrogen) atoms. The van der Waals surface area contributed by atoms with Gasteiger partial charge in [0.2, 0.25) is 0 Å². The van der Waals surface area contributed by atoms with Gasteiger partial charge in [0.1, 0.15) is 6.20 Å². The Morgan fingerprint density at radius 1 is 1.36 bits per heavy atom. The van der Waals surface area contributed by atoms with Crippen LogP contribution in [0.5, 0.6) is 6.01 Å². The number of imidazole rings is 1. The lowest BCUT2D eigenvalue weighted by atomic mass is 10.2. The monoisotopic (exact) mass is 351 g/mol. The molecular formula is C14H21N7O4. The fourth-order valence-corrected chi connectivity index (χ4v) is 2.82. The number of hydrogen-bond acceptors (Lipinski definition) is 8. The van der Waals surface area contributed by atoms with Crippen LogP contribution in [0.3, 0.4) is 0 Å². The summed E-state index contributed by atoms with van der Waals surface area (Å²) in [6.45, 7) is 6.95. The van der Waals surface area contributed by atoms with Crippen molar-refractivity contribution in [3.05, 3.63) is 28.2 Å². The fraction of sp³-hybridized carbons (Fsp3) is 0.643. The summed E-state index contributed by atoms with van der Waals surface area (Å²) in [5, 5.41) is 28.7. The first kappa shape index (κ1) is 17.3. The highest BCUT2D eigenvalue weighted by atomic mass is 16.6. The van der Waals surface area contributed by atoms with Gasteiger partial charge in [-0.2, -0.15) is 0 Å². The molecule has 3 heterocycles. The third-order valence-corrected chi connectivity index (χ3v) is 4.01. The molecule has 0 unspecified atom stereocenters. The van der Waals surface area contributed by atoms with Crippen LogP contribution in [0, 0.1) is 16.0 Å². The molecule has 11 heteroatoms. The predicted octanol–water partition coefficient (Wildman–Crippen LogP) is 0.257. The summed E-state index contributed by atoms with van der Waals surface area (Å²) in [7, 11) is 0. The summed E-state index contributed by atoms with van der Waals surface area (Å²) in [5.74, 6) is -0.282. The molecule has 0 aliphatic carbocycles. The van der Waals surface area contributed by atoms with Gasteiger partial charge in [0.05, 0.1) is 18.9 Å². The molecular weight excluding hydrogens is 330 g/mol. The van der Waals surface area contributed by atoms with Gasteiger partial charge in [0.15, 0.2) is 0 Å². The maximum Gasteiger partial charge on any atom is 0.411 e. The van der Waals surface area contributed by atoms with Gasteiger partial charge in [-0.15, -0.1) is 5.10 Å². The van der Waals surface area contributed by atoms with Gasteiger partial charge in [-0.25, -0.2) is 0 Å². The van der Waals surface area contributed by atoms with Gasteiger partial charge in [0.25, 0.3) is 0 Å². The molecule has 3 rings (SSSR count). The maximum absolute atomic E-state index is 10.7. The summed E-state index contributed by atoms with van der Waals surface area (Å²) in [6.07, 6.45) is 3.14. The van der Waals surface area contributed by atoms with E-state index in [4.69, 9.17) is 4.74 Å². The average molecular weight is 351 g/mol. The van der Waals surface area contributed by atoms with Crippen LogP contribution in [0.15, 0.2) is 12.4 Å². The molecule has 0 spiro atoms. The topological polar surface area (TPSA) is 124 Å². The lowest BCUT2D eigenvalue weighted by molar-refractivity contribution is -0.389. The standard InChI is InChI=1S/C14H21N7O4/c1-11(6-19-10-13(21(23)24)15-14(19)22)7-20-9-12(16-17-20)8-18-2-4-25-5-3-18/h9-11H,2-8H2,1H3,(H,15,22)/t11-/m0/s1. The second-order valence-corrected chi connectivity index (χ2v) is 6.23. The first-order valence-electron chi connectivity index (χ1n) is 8.11. The van der Waals surface area contributed by atoms with E-state index in [0.717, 1.165) is 38.5 Å². The van der Waals surface area contributed by atoms with Crippen molar-refractivity contribution >= 4 is 5.82 Å². The van der Waals surface area contributed by atoms with Crippen molar-refractivity contribution in [2.45, 2.75) is 26.6 Å². The van der Waals surface area contributed by atoms with Gasteiger partial charge < -0.3 is 20.0 Å². The minimum Gasteiger partial charge on any atom is -0.461 e. The zero-order valence-corrected chi connectivity index (χ0v) is 14.0. The summed E-state index contributed by atoms with van der Waals surface area (Å²) in [5.41, 5.74) is 0.898. The summed E-state index contributed by atoms with van der Waals surface area (Å²) >= 11 is 0. The van der Waals surface area contributed by atoms with Crippen molar-refractivity contribution in [1.29, 1.82) is 0 Å². The Balaban J connectivity index is 1.54. The Morgan fingerprint density at radius 2 is 2.12 bits per heavy atom. The first-order valence-corrected chi connectivity index (χ1v) is 8.11.